The summed E-state index contributed by atoms with van der Waals surface area (Å²) in [4.78, 5) is 24.2. The molecule has 124 valence electrons. The van der Waals surface area contributed by atoms with E-state index in [4.69, 9.17) is 5.11 Å². The van der Waals surface area contributed by atoms with Crippen molar-refractivity contribution in [3.63, 3.8) is 0 Å². The second-order valence-corrected chi connectivity index (χ2v) is 6.55. The van der Waals surface area contributed by atoms with Crippen molar-refractivity contribution in [2.45, 2.75) is 38.3 Å². The summed E-state index contributed by atoms with van der Waals surface area (Å²) in [6, 6.07) is 7.79. The van der Waals surface area contributed by atoms with Crippen LogP contribution in [0, 0.1) is 11.8 Å². The number of para-hydroxylation sites is 1. The number of carbonyl (C=O) groups is 2. The van der Waals surface area contributed by atoms with E-state index < -0.39 is 18.0 Å². The normalized spacial score (nSPS) is 27.2. The molecule has 6 heteroatoms. The van der Waals surface area contributed by atoms with Crippen LogP contribution in [-0.2, 0) is 11.2 Å². The van der Waals surface area contributed by atoms with Crippen LogP contribution < -0.4 is 10.2 Å². The first-order chi connectivity index (χ1) is 11.0. The van der Waals surface area contributed by atoms with Gasteiger partial charge in [-0.3, -0.25) is 9.69 Å². The molecule has 1 aliphatic heterocycles. The molecule has 3 rings (SSSR count). The zero-order chi connectivity index (χ0) is 16.6. The first-order valence-corrected chi connectivity index (χ1v) is 8.05. The summed E-state index contributed by atoms with van der Waals surface area (Å²) in [6.07, 6.45) is 1.61. The molecule has 1 heterocycles. The number of amides is 1. The van der Waals surface area contributed by atoms with Gasteiger partial charge in [-0.05, 0) is 36.8 Å². The van der Waals surface area contributed by atoms with Gasteiger partial charge in [0.25, 0.3) is 0 Å². The van der Waals surface area contributed by atoms with Gasteiger partial charge in [0.2, 0.25) is 0 Å². The van der Waals surface area contributed by atoms with E-state index in [1.165, 1.54) is 4.90 Å². The lowest BCUT2D eigenvalue weighted by Crippen LogP contribution is -2.50. The Morgan fingerprint density at radius 2 is 2.04 bits per heavy atom. The molecular weight excluding hydrogens is 296 g/mol. The topological polar surface area (TPSA) is 89.9 Å². The van der Waals surface area contributed by atoms with Gasteiger partial charge in [0.1, 0.15) is 0 Å². The van der Waals surface area contributed by atoms with E-state index in [9.17, 15) is 14.7 Å². The second-order valence-electron chi connectivity index (χ2n) is 6.55. The monoisotopic (exact) mass is 318 g/mol. The molecule has 3 N–H and O–H groups in total. The smallest absolute Gasteiger partial charge is 0.412 e. The quantitative estimate of drug-likeness (QED) is 0.792. The third-order valence-corrected chi connectivity index (χ3v) is 5.14. The van der Waals surface area contributed by atoms with Gasteiger partial charge in [-0.2, -0.15) is 0 Å². The Bertz CT molecular complexity index is 618. The summed E-state index contributed by atoms with van der Waals surface area (Å²) >= 11 is 0. The minimum Gasteiger partial charge on any atom is -0.481 e. The highest BCUT2D eigenvalue weighted by Crippen LogP contribution is 2.42. The number of carboxylic acid groups (broad SMARTS) is 2. The second kappa shape index (κ2) is 6.20. The van der Waals surface area contributed by atoms with Crippen molar-refractivity contribution >= 4 is 17.7 Å². The molecule has 1 aliphatic carbocycles. The zero-order valence-electron chi connectivity index (χ0n) is 13.1. The lowest BCUT2D eigenvalue weighted by atomic mass is 9.85. The van der Waals surface area contributed by atoms with Gasteiger partial charge < -0.3 is 15.5 Å². The molecule has 0 spiro atoms. The van der Waals surface area contributed by atoms with Crippen molar-refractivity contribution < 1.29 is 19.8 Å². The maximum atomic E-state index is 11.7. The molecular formula is C17H22N2O4. The van der Waals surface area contributed by atoms with Crippen LogP contribution in [0.1, 0.15) is 25.3 Å². The van der Waals surface area contributed by atoms with Crippen molar-refractivity contribution in [3.8, 4) is 0 Å². The van der Waals surface area contributed by atoms with Crippen molar-refractivity contribution in [1.82, 2.24) is 5.32 Å². The molecule has 1 aromatic carbocycles. The molecule has 1 saturated carbocycles. The number of hydrogen-bond donors (Lipinski definition) is 3. The first kappa shape index (κ1) is 15.8. The van der Waals surface area contributed by atoms with Gasteiger partial charge in [-0.25, -0.2) is 4.79 Å². The lowest BCUT2D eigenvalue weighted by molar-refractivity contribution is -0.141. The molecule has 6 nitrogen and oxygen atoms in total. The minimum absolute atomic E-state index is 0.0277. The lowest BCUT2D eigenvalue weighted by Gasteiger charge is -2.39. The standard InChI is InChI=1S/C17H22N2O4/c1-10(16(20)21)9-18-13-6-7-15-12(13)8-11-4-2-3-5-14(11)19(15)17(22)23/h2-5,10,12-13,15,18H,6-9H2,1H3,(H,20,21)(H,22,23)/t10?,12-,13?,15+/m0/s1. The number of anilines is 1. The van der Waals surface area contributed by atoms with E-state index in [1.807, 2.05) is 24.3 Å². The Morgan fingerprint density at radius 3 is 2.74 bits per heavy atom. The molecule has 0 saturated heterocycles. The number of nitrogens with one attached hydrogen (secondary N) is 1. The van der Waals surface area contributed by atoms with Crippen LogP contribution in [0.2, 0.25) is 0 Å². The third-order valence-electron chi connectivity index (χ3n) is 5.14. The Labute approximate surface area is 135 Å². The highest BCUT2D eigenvalue weighted by Gasteiger charge is 2.45. The number of hydrogen-bond acceptors (Lipinski definition) is 3. The maximum absolute atomic E-state index is 11.7. The maximum Gasteiger partial charge on any atom is 0.412 e. The fraction of sp³-hybridized carbons (Fsp3) is 0.529. The predicted octanol–water partition coefficient (Wildman–Crippen LogP) is 2.18. The van der Waals surface area contributed by atoms with Crippen molar-refractivity contribution in [2.75, 3.05) is 11.4 Å². The number of aliphatic carboxylic acids is 1. The summed E-state index contributed by atoms with van der Waals surface area (Å²) in [5.74, 6) is -1.06. The van der Waals surface area contributed by atoms with E-state index in [0.717, 1.165) is 30.5 Å². The Kier molecular flexibility index (Phi) is 4.26. The molecule has 4 atom stereocenters. The van der Waals surface area contributed by atoms with Crippen LogP contribution in [0.4, 0.5) is 10.5 Å². The summed E-state index contributed by atoms with van der Waals surface area (Å²) in [5.41, 5.74) is 1.84. The predicted molar refractivity (Wildman–Crippen MR) is 85.8 cm³/mol. The molecule has 1 amide bonds. The van der Waals surface area contributed by atoms with Crippen LogP contribution in [0.3, 0.4) is 0 Å². The Hall–Kier alpha value is -2.08. The number of fused-ring (bicyclic) bond motifs is 2. The highest BCUT2D eigenvalue weighted by molar-refractivity contribution is 5.88. The van der Waals surface area contributed by atoms with E-state index in [2.05, 4.69) is 5.32 Å². The van der Waals surface area contributed by atoms with E-state index in [1.54, 1.807) is 6.92 Å². The Morgan fingerprint density at radius 1 is 1.30 bits per heavy atom. The highest BCUT2D eigenvalue weighted by atomic mass is 16.4. The van der Waals surface area contributed by atoms with Gasteiger partial charge in [-0.15, -0.1) is 0 Å². The van der Waals surface area contributed by atoms with Gasteiger partial charge in [-0.1, -0.05) is 25.1 Å². The SMILES string of the molecule is CC(CNC1CC[C@@H]2[C@H]1Cc1ccccc1N2C(=O)O)C(=O)O. The average Bonchev–Trinajstić information content (AvgIpc) is 2.92. The molecule has 23 heavy (non-hydrogen) atoms. The fourth-order valence-corrected chi connectivity index (χ4v) is 3.91. The largest absolute Gasteiger partial charge is 0.481 e. The van der Waals surface area contributed by atoms with E-state index >= 15 is 0 Å². The van der Waals surface area contributed by atoms with Crippen molar-refractivity contribution in [2.24, 2.45) is 11.8 Å². The van der Waals surface area contributed by atoms with E-state index in [-0.39, 0.29) is 18.0 Å². The molecule has 0 radical (unpaired) electrons. The van der Waals surface area contributed by atoms with Crippen LogP contribution in [-0.4, -0.2) is 40.9 Å². The van der Waals surface area contributed by atoms with Crippen LogP contribution >= 0.6 is 0 Å². The summed E-state index contributed by atoms with van der Waals surface area (Å²) in [6.45, 7) is 2.10. The summed E-state index contributed by atoms with van der Waals surface area (Å²) < 4.78 is 0. The summed E-state index contributed by atoms with van der Waals surface area (Å²) in [5, 5.41) is 22.0. The van der Waals surface area contributed by atoms with Crippen LogP contribution in [0.25, 0.3) is 0 Å². The van der Waals surface area contributed by atoms with Crippen molar-refractivity contribution in [1.29, 1.82) is 0 Å². The molecule has 1 aromatic rings. The number of benzene rings is 1. The van der Waals surface area contributed by atoms with Crippen LogP contribution in [0.15, 0.2) is 24.3 Å². The zero-order valence-corrected chi connectivity index (χ0v) is 13.1. The first-order valence-electron chi connectivity index (χ1n) is 8.05. The molecule has 1 fully saturated rings. The Balaban J connectivity index is 1.79. The fourth-order valence-electron chi connectivity index (χ4n) is 3.91. The minimum atomic E-state index is -0.910. The number of rotatable bonds is 4. The average molecular weight is 318 g/mol. The van der Waals surface area contributed by atoms with Gasteiger partial charge in [0.15, 0.2) is 0 Å². The molecule has 2 aliphatic rings. The third kappa shape index (κ3) is 2.91. The summed E-state index contributed by atoms with van der Waals surface area (Å²) in [7, 11) is 0. The molecule has 0 aromatic heterocycles. The van der Waals surface area contributed by atoms with Gasteiger partial charge in [0, 0.05) is 18.6 Å². The van der Waals surface area contributed by atoms with Crippen LogP contribution in [0.5, 0.6) is 0 Å². The van der Waals surface area contributed by atoms with Gasteiger partial charge >= 0.3 is 12.1 Å². The van der Waals surface area contributed by atoms with E-state index in [0.29, 0.717) is 6.54 Å². The number of nitrogens with zero attached hydrogens (tertiary/aromatic N) is 1. The van der Waals surface area contributed by atoms with Crippen molar-refractivity contribution in [3.05, 3.63) is 29.8 Å². The van der Waals surface area contributed by atoms with Gasteiger partial charge in [0.05, 0.1) is 11.6 Å². The number of carboxylic acids is 1. The molecule has 2 unspecified atom stereocenters. The molecule has 0 bridgehead atoms.